The number of esters is 2. The third-order valence-electron chi connectivity index (χ3n) is 4.27. The summed E-state index contributed by atoms with van der Waals surface area (Å²) in [4.78, 5) is 24.5. The molecule has 136 valence electrons. The molecule has 26 heavy (non-hydrogen) atoms. The molecule has 0 radical (unpaired) electrons. The maximum Gasteiger partial charge on any atom is 0.338 e. The quantitative estimate of drug-likeness (QED) is 0.503. The first-order valence-electron chi connectivity index (χ1n) is 8.35. The summed E-state index contributed by atoms with van der Waals surface area (Å²) in [5.74, 6) is -0.0444. The fourth-order valence-electron chi connectivity index (χ4n) is 2.81. The van der Waals surface area contributed by atoms with E-state index in [1.807, 2.05) is 12.1 Å². The van der Waals surface area contributed by atoms with Crippen molar-refractivity contribution in [3.63, 3.8) is 0 Å². The number of halogens is 1. The number of carbonyl (C=O) groups excluding carboxylic acids is 2. The molecule has 2 aromatic carbocycles. The van der Waals surface area contributed by atoms with Gasteiger partial charge in [0.15, 0.2) is 0 Å². The van der Waals surface area contributed by atoms with E-state index in [0.717, 1.165) is 5.33 Å². The van der Waals surface area contributed by atoms with E-state index >= 15 is 0 Å². The standard InChI is InChI=1S/C20H19BrO4S/c21-11-18-16(12-24-19(22)14-7-3-1-4-8-14)17(13-26-18)25-20(23)15-9-5-2-6-10-15/h1-10,16-18H,11-13H2. The van der Waals surface area contributed by atoms with E-state index in [1.165, 1.54) is 0 Å². The molecule has 3 unspecified atom stereocenters. The normalized spacial score (nSPS) is 22.0. The summed E-state index contributed by atoms with van der Waals surface area (Å²) in [5, 5.41) is 0.983. The van der Waals surface area contributed by atoms with E-state index in [2.05, 4.69) is 15.9 Å². The number of ether oxygens (including phenoxy) is 2. The van der Waals surface area contributed by atoms with Crippen LogP contribution >= 0.6 is 27.7 Å². The Bertz CT molecular complexity index is 738. The van der Waals surface area contributed by atoms with Gasteiger partial charge in [0.05, 0.1) is 17.7 Å². The number of benzene rings is 2. The molecule has 3 atom stereocenters. The second-order valence-electron chi connectivity index (χ2n) is 5.96. The zero-order chi connectivity index (χ0) is 18.4. The molecule has 0 aliphatic carbocycles. The number of hydrogen-bond donors (Lipinski definition) is 0. The first-order chi connectivity index (χ1) is 12.7. The third-order valence-corrected chi connectivity index (χ3v) is 6.86. The Morgan fingerprint density at radius 2 is 1.54 bits per heavy atom. The van der Waals surface area contributed by atoms with Gasteiger partial charge in [-0.15, -0.1) is 0 Å². The van der Waals surface area contributed by atoms with Gasteiger partial charge in [0.25, 0.3) is 0 Å². The molecule has 1 heterocycles. The van der Waals surface area contributed by atoms with Crippen LogP contribution in [0.15, 0.2) is 60.7 Å². The van der Waals surface area contributed by atoms with Gasteiger partial charge >= 0.3 is 11.9 Å². The SMILES string of the molecule is O=C(OCC1C(OC(=O)c2ccccc2)CSC1CBr)c1ccccc1. The number of rotatable bonds is 6. The summed E-state index contributed by atoms with van der Waals surface area (Å²) in [7, 11) is 0. The van der Waals surface area contributed by atoms with Crippen molar-refractivity contribution in [2.75, 3.05) is 17.7 Å². The van der Waals surface area contributed by atoms with Crippen molar-refractivity contribution in [2.24, 2.45) is 5.92 Å². The van der Waals surface area contributed by atoms with Gasteiger partial charge in [-0.05, 0) is 24.3 Å². The van der Waals surface area contributed by atoms with Crippen LogP contribution in [0.3, 0.4) is 0 Å². The van der Waals surface area contributed by atoms with Crippen molar-refractivity contribution >= 4 is 39.6 Å². The Hall–Kier alpha value is -1.79. The average molecular weight is 435 g/mol. The highest BCUT2D eigenvalue weighted by atomic mass is 79.9. The fraction of sp³-hybridized carbons (Fsp3) is 0.300. The molecule has 1 saturated heterocycles. The lowest BCUT2D eigenvalue weighted by Crippen LogP contribution is -2.33. The zero-order valence-electron chi connectivity index (χ0n) is 14.0. The summed E-state index contributed by atoms with van der Waals surface area (Å²) >= 11 is 5.23. The highest BCUT2D eigenvalue weighted by Crippen LogP contribution is 2.36. The number of thioether (sulfide) groups is 1. The van der Waals surface area contributed by atoms with Gasteiger partial charge in [-0.3, -0.25) is 0 Å². The molecule has 0 saturated carbocycles. The minimum Gasteiger partial charge on any atom is -0.462 e. The summed E-state index contributed by atoms with van der Waals surface area (Å²) in [6, 6.07) is 17.8. The number of alkyl halides is 1. The summed E-state index contributed by atoms with van der Waals surface area (Å²) in [6.07, 6.45) is -0.279. The van der Waals surface area contributed by atoms with Gasteiger partial charge in [-0.1, -0.05) is 52.3 Å². The van der Waals surface area contributed by atoms with Gasteiger partial charge in [-0.2, -0.15) is 11.8 Å². The second kappa shape index (κ2) is 9.24. The molecule has 0 N–H and O–H groups in total. The van der Waals surface area contributed by atoms with Crippen molar-refractivity contribution in [1.29, 1.82) is 0 Å². The Kier molecular flexibility index (Phi) is 6.74. The molecule has 2 aromatic rings. The minimum atomic E-state index is -0.357. The largest absolute Gasteiger partial charge is 0.462 e. The second-order valence-corrected chi connectivity index (χ2v) is 7.88. The van der Waals surface area contributed by atoms with Crippen molar-refractivity contribution in [3.05, 3.63) is 71.8 Å². The molecule has 4 nitrogen and oxygen atoms in total. The van der Waals surface area contributed by atoms with E-state index in [9.17, 15) is 9.59 Å². The van der Waals surface area contributed by atoms with Gasteiger partial charge in [-0.25, -0.2) is 9.59 Å². The molecule has 1 fully saturated rings. The molecule has 0 bridgehead atoms. The minimum absolute atomic E-state index is 0.0419. The first-order valence-corrected chi connectivity index (χ1v) is 10.5. The van der Waals surface area contributed by atoms with E-state index in [0.29, 0.717) is 16.9 Å². The summed E-state index contributed by atoms with van der Waals surface area (Å²) in [6.45, 7) is 0.226. The van der Waals surface area contributed by atoms with Crippen LogP contribution in [-0.2, 0) is 9.47 Å². The van der Waals surface area contributed by atoms with Crippen LogP contribution < -0.4 is 0 Å². The fourth-order valence-corrected chi connectivity index (χ4v) is 5.19. The zero-order valence-corrected chi connectivity index (χ0v) is 16.4. The number of carbonyl (C=O) groups is 2. The Morgan fingerprint density at radius 1 is 0.962 bits per heavy atom. The lowest BCUT2D eigenvalue weighted by molar-refractivity contribution is 0.00671. The van der Waals surface area contributed by atoms with Gasteiger partial charge in [0.2, 0.25) is 0 Å². The van der Waals surface area contributed by atoms with Crippen LogP contribution in [0.2, 0.25) is 0 Å². The van der Waals surface area contributed by atoms with Crippen molar-refractivity contribution in [3.8, 4) is 0 Å². The van der Waals surface area contributed by atoms with E-state index in [4.69, 9.17) is 9.47 Å². The van der Waals surface area contributed by atoms with Crippen LogP contribution in [0.4, 0.5) is 0 Å². The van der Waals surface area contributed by atoms with Crippen LogP contribution in [0.5, 0.6) is 0 Å². The molecule has 6 heteroatoms. The Morgan fingerprint density at radius 3 is 2.12 bits per heavy atom. The Labute approximate surface area is 165 Å². The smallest absolute Gasteiger partial charge is 0.338 e. The molecule has 0 aromatic heterocycles. The maximum atomic E-state index is 12.3. The van der Waals surface area contributed by atoms with Crippen LogP contribution in [0, 0.1) is 5.92 Å². The van der Waals surface area contributed by atoms with Crippen LogP contribution in [0.25, 0.3) is 0 Å². The van der Waals surface area contributed by atoms with Crippen molar-refractivity contribution in [1.82, 2.24) is 0 Å². The average Bonchev–Trinajstić information content (AvgIpc) is 3.09. The lowest BCUT2D eigenvalue weighted by atomic mass is 10.0. The van der Waals surface area contributed by atoms with Crippen molar-refractivity contribution < 1.29 is 19.1 Å². The number of hydrogen-bond acceptors (Lipinski definition) is 5. The summed E-state index contributed by atoms with van der Waals surface area (Å²) < 4.78 is 11.2. The van der Waals surface area contributed by atoms with Gasteiger partial charge in [0, 0.05) is 22.3 Å². The van der Waals surface area contributed by atoms with E-state index < -0.39 is 0 Å². The maximum absolute atomic E-state index is 12.3. The molecule has 0 spiro atoms. The van der Waals surface area contributed by atoms with E-state index in [-0.39, 0.29) is 35.8 Å². The highest BCUT2D eigenvalue weighted by molar-refractivity contribution is 9.09. The molecule has 0 amide bonds. The summed E-state index contributed by atoms with van der Waals surface area (Å²) in [5.41, 5.74) is 1.05. The monoisotopic (exact) mass is 434 g/mol. The molecule has 3 rings (SSSR count). The predicted molar refractivity (Wildman–Crippen MR) is 106 cm³/mol. The molecular weight excluding hydrogens is 416 g/mol. The van der Waals surface area contributed by atoms with Crippen LogP contribution in [0.1, 0.15) is 20.7 Å². The molecular formula is C20H19BrO4S. The lowest BCUT2D eigenvalue weighted by Gasteiger charge is -2.22. The van der Waals surface area contributed by atoms with Gasteiger partial charge < -0.3 is 9.47 Å². The van der Waals surface area contributed by atoms with Crippen LogP contribution in [-0.4, -0.2) is 41.0 Å². The molecule has 1 aliphatic rings. The molecule has 1 aliphatic heterocycles. The highest BCUT2D eigenvalue weighted by Gasteiger charge is 2.39. The third kappa shape index (κ3) is 4.68. The van der Waals surface area contributed by atoms with E-state index in [1.54, 1.807) is 60.3 Å². The van der Waals surface area contributed by atoms with Gasteiger partial charge in [0.1, 0.15) is 6.10 Å². The topological polar surface area (TPSA) is 52.6 Å². The predicted octanol–water partition coefficient (Wildman–Crippen LogP) is 4.20. The first kappa shape index (κ1) is 19.0. The Balaban J connectivity index is 1.62. The van der Waals surface area contributed by atoms with Crippen molar-refractivity contribution in [2.45, 2.75) is 11.4 Å².